The number of hydrogen-bond acceptors (Lipinski definition) is 2. The Kier molecular flexibility index (Phi) is 6.73. The molecule has 0 N–H and O–H groups in total. The zero-order chi connectivity index (χ0) is 13.4. The normalized spacial score (nSPS) is 11.4. The van der Waals surface area contributed by atoms with Crippen molar-refractivity contribution in [3.05, 3.63) is 46.0 Å². The van der Waals surface area contributed by atoms with Gasteiger partial charge in [0.15, 0.2) is 0 Å². The van der Waals surface area contributed by atoms with E-state index < -0.39 is 0 Å². The molecule has 1 aromatic carbocycles. The highest BCUT2D eigenvalue weighted by molar-refractivity contribution is 9.10. The van der Waals surface area contributed by atoms with Gasteiger partial charge in [-0.25, -0.2) is 4.79 Å². The Bertz CT molecular complexity index is 407. The minimum atomic E-state index is -0.228. The van der Waals surface area contributed by atoms with E-state index in [2.05, 4.69) is 22.9 Å². The maximum atomic E-state index is 11.7. The van der Waals surface area contributed by atoms with E-state index in [4.69, 9.17) is 4.74 Å². The smallest absolute Gasteiger partial charge is 0.333 e. The first-order valence-electron chi connectivity index (χ1n) is 6.21. The topological polar surface area (TPSA) is 26.3 Å². The van der Waals surface area contributed by atoms with Gasteiger partial charge in [-0.3, -0.25) is 0 Å². The third-order valence-corrected chi connectivity index (χ3v) is 3.14. The second-order valence-electron chi connectivity index (χ2n) is 4.23. The molecule has 18 heavy (non-hydrogen) atoms. The fourth-order valence-electron chi connectivity index (χ4n) is 1.45. The summed E-state index contributed by atoms with van der Waals surface area (Å²) in [4.78, 5) is 11.7. The lowest BCUT2D eigenvalue weighted by molar-refractivity contribution is -0.140. The molecular formula is C15H19BrO2. The Labute approximate surface area is 117 Å². The van der Waals surface area contributed by atoms with Crippen LogP contribution in [0.4, 0.5) is 0 Å². The van der Waals surface area contributed by atoms with Gasteiger partial charge in [0.25, 0.3) is 0 Å². The molecule has 0 unspecified atom stereocenters. The van der Waals surface area contributed by atoms with Crippen LogP contribution in [0, 0.1) is 0 Å². The summed E-state index contributed by atoms with van der Waals surface area (Å²) in [6.45, 7) is 4.26. The molecule has 0 saturated carbocycles. The maximum absolute atomic E-state index is 11.7. The molecule has 0 radical (unpaired) electrons. The number of benzene rings is 1. The molecule has 0 aromatic heterocycles. The standard InChI is InChI=1S/C15H19BrO2/c1-3-4-5-6-12(2)15(17)18-11-13-7-9-14(16)10-8-13/h6-10H,3-5,11H2,1-2H3/b12-6-. The van der Waals surface area contributed by atoms with Crippen molar-refractivity contribution < 1.29 is 9.53 Å². The van der Waals surface area contributed by atoms with Crippen LogP contribution in [0.15, 0.2) is 40.4 Å². The molecule has 0 aliphatic rings. The first kappa shape index (κ1) is 15.0. The molecule has 0 bridgehead atoms. The van der Waals surface area contributed by atoms with Crippen molar-refractivity contribution >= 4 is 21.9 Å². The Morgan fingerprint density at radius 2 is 2.00 bits per heavy atom. The van der Waals surface area contributed by atoms with Gasteiger partial charge in [0.05, 0.1) is 0 Å². The van der Waals surface area contributed by atoms with Gasteiger partial charge in [0.1, 0.15) is 6.61 Å². The summed E-state index contributed by atoms with van der Waals surface area (Å²) in [5.74, 6) is -0.228. The molecule has 0 heterocycles. The van der Waals surface area contributed by atoms with Gasteiger partial charge in [-0.2, -0.15) is 0 Å². The number of carbonyl (C=O) groups is 1. The molecule has 0 fully saturated rings. The third kappa shape index (κ3) is 5.50. The van der Waals surface area contributed by atoms with E-state index in [-0.39, 0.29) is 5.97 Å². The van der Waals surface area contributed by atoms with Gasteiger partial charge in [-0.1, -0.05) is 53.9 Å². The summed E-state index contributed by atoms with van der Waals surface area (Å²) in [5.41, 5.74) is 1.69. The van der Waals surface area contributed by atoms with Crippen LogP contribution in [0.25, 0.3) is 0 Å². The number of carbonyl (C=O) groups excluding carboxylic acids is 1. The first-order valence-corrected chi connectivity index (χ1v) is 7.01. The lowest BCUT2D eigenvalue weighted by Gasteiger charge is -2.05. The van der Waals surface area contributed by atoms with Crippen molar-refractivity contribution in [3.63, 3.8) is 0 Å². The molecule has 1 aromatic rings. The van der Waals surface area contributed by atoms with Crippen LogP contribution in [0.1, 0.15) is 38.7 Å². The van der Waals surface area contributed by atoms with Crippen LogP contribution in [-0.2, 0) is 16.1 Å². The van der Waals surface area contributed by atoms with Crippen molar-refractivity contribution in [2.75, 3.05) is 0 Å². The van der Waals surface area contributed by atoms with Crippen LogP contribution in [-0.4, -0.2) is 5.97 Å². The summed E-state index contributed by atoms with van der Waals surface area (Å²) in [6.07, 6.45) is 5.14. The lowest BCUT2D eigenvalue weighted by Crippen LogP contribution is -2.05. The predicted molar refractivity (Wildman–Crippen MR) is 77.2 cm³/mol. The summed E-state index contributed by atoms with van der Waals surface area (Å²) in [6, 6.07) is 7.75. The minimum Gasteiger partial charge on any atom is -0.457 e. The average molecular weight is 311 g/mol. The number of unbranched alkanes of at least 4 members (excludes halogenated alkanes) is 2. The fraction of sp³-hybridized carbons (Fsp3) is 0.400. The van der Waals surface area contributed by atoms with E-state index in [0.717, 1.165) is 29.3 Å². The van der Waals surface area contributed by atoms with Gasteiger partial charge in [0.2, 0.25) is 0 Å². The van der Waals surface area contributed by atoms with Crippen LogP contribution in [0.3, 0.4) is 0 Å². The number of hydrogen-bond donors (Lipinski definition) is 0. The maximum Gasteiger partial charge on any atom is 0.333 e. The average Bonchev–Trinajstić information content (AvgIpc) is 2.38. The Hall–Kier alpha value is -1.09. The number of ether oxygens (including phenoxy) is 1. The van der Waals surface area contributed by atoms with Crippen molar-refractivity contribution in [2.24, 2.45) is 0 Å². The van der Waals surface area contributed by atoms with Gasteiger partial charge in [0, 0.05) is 10.0 Å². The summed E-state index contributed by atoms with van der Waals surface area (Å²) in [5, 5.41) is 0. The van der Waals surface area contributed by atoms with Crippen molar-refractivity contribution in [1.82, 2.24) is 0 Å². The Morgan fingerprint density at radius 3 is 2.61 bits per heavy atom. The molecule has 3 heteroatoms. The zero-order valence-corrected chi connectivity index (χ0v) is 12.5. The van der Waals surface area contributed by atoms with Crippen LogP contribution >= 0.6 is 15.9 Å². The van der Waals surface area contributed by atoms with Gasteiger partial charge >= 0.3 is 5.97 Å². The van der Waals surface area contributed by atoms with E-state index in [1.807, 2.05) is 30.3 Å². The predicted octanol–water partition coefficient (Wildman–Crippen LogP) is 4.63. The first-order chi connectivity index (χ1) is 8.63. The molecule has 0 aliphatic carbocycles. The molecular weight excluding hydrogens is 292 g/mol. The Morgan fingerprint density at radius 1 is 1.33 bits per heavy atom. The largest absolute Gasteiger partial charge is 0.457 e. The summed E-state index contributed by atoms with van der Waals surface area (Å²) in [7, 11) is 0. The van der Waals surface area contributed by atoms with Gasteiger partial charge < -0.3 is 4.74 Å². The molecule has 0 amide bonds. The number of allylic oxidation sites excluding steroid dienone is 1. The number of esters is 1. The van der Waals surface area contributed by atoms with E-state index in [9.17, 15) is 4.79 Å². The van der Waals surface area contributed by atoms with E-state index in [1.165, 1.54) is 0 Å². The quantitative estimate of drug-likeness (QED) is 0.435. The monoisotopic (exact) mass is 310 g/mol. The molecule has 0 atom stereocenters. The highest BCUT2D eigenvalue weighted by Gasteiger charge is 2.05. The highest BCUT2D eigenvalue weighted by atomic mass is 79.9. The third-order valence-electron chi connectivity index (χ3n) is 2.61. The molecule has 0 spiro atoms. The van der Waals surface area contributed by atoms with E-state index in [1.54, 1.807) is 6.92 Å². The molecule has 2 nitrogen and oxygen atoms in total. The van der Waals surface area contributed by atoms with Crippen LogP contribution in [0.5, 0.6) is 0 Å². The fourth-order valence-corrected chi connectivity index (χ4v) is 1.71. The second-order valence-corrected chi connectivity index (χ2v) is 5.15. The van der Waals surface area contributed by atoms with E-state index in [0.29, 0.717) is 12.2 Å². The summed E-state index contributed by atoms with van der Waals surface area (Å²) < 4.78 is 6.26. The van der Waals surface area contributed by atoms with E-state index >= 15 is 0 Å². The minimum absolute atomic E-state index is 0.228. The highest BCUT2D eigenvalue weighted by Crippen LogP contribution is 2.12. The molecule has 98 valence electrons. The van der Waals surface area contributed by atoms with Crippen molar-refractivity contribution in [2.45, 2.75) is 39.7 Å². The number of halogens is 1. The van der Waals surface area contributed by atoms with Gasteiger partial charge in [-0.15, -0.1) is 0 Å². The van der Waals surface area contributed by atoms with Crippen molar-refractivity contribution in [1.29, 1.82) is 0 Å². The number of rotatable bonds is 6. The van der Waals surface area contributed by atoms with Crippen molar-refractivity contribution in [3.8, 4) is 0 Å². The SMILES string of the molecule is CCCC/C=C(/C)C(=O)OCc1ccc(Br)cc1. The lowest BCUT2D eigenvalue weighted by atomic mass is 10.2. The van der Waals surface area contributed by atoms with Crippen LogP contribution < -0.4 is 0 Å². The zero-order valence-electron chi connectivity index (χ0n) is 10.9. The van der Waals surface area contributed by atoms with Crippen LogP contribution in [0.2, 0.25) is 0 Å². The van der Waals surface area contributed by atoms with Gasteiger partial charge in [-0.05, 0) is 31.0 Å². The molecule has 1 rings (SSSR count). The second kappa shape index (κ2) is 8.09. The summed E-state index contributed by atoms with van der Waals surface area (Å²) >= 11 is 3.37. The molecule has 0 saturated heterocycles. The Balaban J connectivity index is 2.40. The molecule has 0 aliphatic heterocycles.